The van der Waals surface area contributed by atoms with Crippen LogP contribution in [-0.2, 0) is 11.0 Å². The maximum Gasteiger partial charge on any atom is 0.434 e. The van der Waals surface area contributed by atoms with Gasteiger partial charge in [0.05, 0.1) is 23.9 Å². The van der Waals surface area contributed by atoms with Crippen molar-refractivity contribution in [3.8, 4) is 5.82 Å². The molecule has 0 unspecified atom stereocenters. The number of hydrogen-bond donors (Lipinski definition) is 2. The predicted molar refractivity (Wildman–Crippen MR) is 129 cm³/mol. The molecule has 1 amide bonds. The lowest BCUT2D eigenvalue weighted by atomic mass is 9.88. The minimum atomic E-state index is -4.55. The number of aliphatic carboxylic acids is 1. The molecule has 0 aromatic carbocycles. The zero-order chi connectivity index (χ0) is 26.4. The third kappa shape index (κ3) is 6.63. The van der Waals surface area contributed by atoms with Gasteiger partial charge in [0.2, 0.25) is 0 Å². The van der Waals surface area contributed by atoms with E-state index in [4.69, 9.17) is 5.11 Å². The molecule has 0 spiro atoms. The number of aromatic nitrogens is 4. The minimum Gasteiger partial charge on any atom is -0.481 e. The monoisotopic (exact) mass is 516 g/mol. The largest absolute Gasteiger partial charge is 0.481 e. The number of carboxylic acid groups (broad SMARTS) is 1. The Morgan fingerprint density at radius 3 is 2.54 bits per heavy atom. The highest BCUT2D eigenvalue weighted by molar-refractivity contribution is 5.99. The summed E-state index contributed by atoms with van der Waals surface area (Å²) >= 11 is 0. The Morgan fingerprint density at radius 1 is 1.11 bits per heavy atom. The van der Waals surface area contributed by atoms with Gasteiger partial charge in [0.15, 0.2) is 5.69 Å². The Kier molecular flexibility index (Phi) is 8.04. The van der Waals surface area contributed by atoms with E-state index in [-0.39, 0.29) is 24.3 Å². The summed E-state index contributed by atoms with van der Waals surface area (Å²) in [6, 6.07) is 6.56. The molecule has 0 bridgehead atoms. The number of halogens is 3. The third-order valence-corrected chi connectivity index (χ3v) is 6.26. The number of rotatable bonds is 9. The molecule has 3 heterocycles. The quantitative estimate of drug-likeness (QED) is 0.427. The smallest absolute Gasteiger partial charge is 0.434 e. The highest BCUT2D eigenvalue weighted by Gasteiger charge is 2.33. The number of carboxylic acids is 1. The number of nitrogens with one attached hydrogen (secondary N) is 1. The van der Waals surface area contributed by atoms with Crippen LogP contribution in [0.1, 0.15) is 54.6 Å². The van der Waals surface area contributed by atoms with Crippen LogP contribution in [0.3, 0.4) is 0 Å². The Morgan fingerprint density at radius 2 is 1.89 bits per heavy atom. The van der Waals surface area contributed by atoms with Gasteiger partial charge in [0, 0.05) is 25.5 Å². The number of imidazole rings is 1. The van der Waals surface area contributed by atoms with Crippen molar-refractivity contribution in [3.63, 3.8) is 0 Å². The molecule has 37 heavy (non-hydrogen) atoms. The second-order valence-corrected chi connectivity index (χ2v) is 8.93. The molecule has 1 saturated carbocycles. The van der Waals surface area contributed by atoms with Gasteiger partial charge in [-0.2, -0.15) is 13.2 Å². The third-order valence-electron chi connectivity index (χ3n) is 6.26. The van der Waals surface area contributed by atoms with Crippen molar-refractivity contribution in [2.45, 2.75) is 44.7 Å². The van der Waals surface area contributed by atoms with Crippen molar-refractivity contribution in [2.24, 2.45) is 5.92 Å². The molecular formula is C25H27F3N6O3. The molecule has 2 N–H and O–H groups in total. The van der Waals surface area contributed by atoms with Crippen molar-refractivity contribution in [3.05, 3.63) is 60.4 Å². The van der Waals surface area contributed by atoms with Crippen molar-refractivity contribution >= 4 is 23.4 Å². The number of nitrogens with zero attached hydrogens (tertiary/aromatic N) is 5. The Labute approximate surface area is 211 Å². The molecule has 0 saturated heterocycles. The summed E-state index contributed by atoms with van der Waals surface area (Å²) < 4.78 is 40.0. The van der Waals surface area contributed by atoms with E-state index < -0.39 is 23.7 Å². The molecule has 1 aliphatic rings. The number of carbonyl (C=O) groups is 2. The molecule has 4 rings (SSSR count). The second-order valence-electron chi connectivity index (χ2n) is 8.93. The number of hydrogen-bond acceptors (Lipinski definition) is 6. The van der Waals surface area contributed by atoms with Gasteiger partial charge in [0.1, 0.15) is 18.0 Å². The average Bonchev–Trinajstić information content (AvgIpc) is 3.39. The topological polar surface area (TPSA) is 113 Å². The molecule has 12 heteroatoms. The van der Waals surface area contributed by atoms with Crippen molar-refractivity contribution < 1.29 is 27.9 Å². The average molecular weight is 517 g/mol. The summed E-state index contributed by atoms with van der Waals surface area (Å²) in [6.07, 6.45) is 5.75. The van der Waals surface area contributed by atoms with Crippen LogP contribution < -0.4 is 10.2 Å². The Bertz CT molecular complexity index is 1220. The SMILES string of the molecule is O=C(O)CCNC(=O)c1cccnc1N(CC1CCCCC1)c1ccc(-n2cnc(C(F)(F)F)c2)nc1. The number of amides is 1. The fraction of sp³-hybridized carbons (Fsp3) is 0.400. The second kappa shape index (κ2) is 11.4. The predicted octanol–water partition coefficient (Wildman–Crippen LogP) is 4.60. The fourth-order valence-corrected chi connectivity index (χ4v) is 4.39. The minimum absolute atomic E-state index is 0.0216. The number of alkyl halides is 3. The van der Waals surface area contributed by atoms with Gasteiger partial charge < -0.3 is 15.3 Å². The molecule has 0 atom stereocenters. The van der Waals surface area contributed by atoms with E-state index in [1.807, 2.05) is 4.90 Å². The summed E-state index contributed by atoms with van der Waals surface area (Å²) in [4.78, 5) is 37.9. The van der Waals surface area contributed by atoms with Crippen molar-refractivity contribution in [2.75, 3.05) is 18.0 Å². The van der Waals surface area contributed by atoms with Crippen LogP contribution in [-0.4, -0.2) is 49.6 Å². The first-order valence-electron chi connectivity index (χ1n) is 12.0. The first-order valence-corrected chi connectivity index (χ1v) is 12.0. The van der Waals surface area contributed by atoms with E-state index in [1.165, 1.54) is 17.2 Å². The van der Waals surface area contributed by atoms with Gasteiger partial charge in [-0.3, -0.25) is 14.2 Å². The van der Waals surface area contributed by atoms with Crippen LogP contribution in [0, 0.1) is 5.92 Å². The summed E-state index contributed by atoms with van der Waals surface area (Å²) in [5.74, 6) is -0.437. The highest BCUT2D eigenvalue weighted by Crippen LogP contribution is 2.33. The van der Waals surface area contributed by atoms with Crippen molar-refractivity contribution in [1.82, 2.24) is 24.8 Å². The van der Waals surface area contributed by atoms with Gasteiger partial charge in [-0.1, -0.05) is 19.3 Å². The molecular weight excluding hydrogens is 489 g/mol. The number of carbonyl (C=O) groups excluding carboxylic acids is 1. The lowest BCUT2D eigenvalue weighted by molar-refractivity contribution is -0.141. The van der Waals surface area contributed by atoms with Gasteiger partial charge >= 0.3 is 12.1 Å². The molecule has 1 fully saturated rings. The van der Waals surface area contributed by atoms with Gasteiger partial charge in [-0.05, 0) is 43.0 Å². The van der Waals surface area contributed by atoms with E-state index >= 15 is 0 Å². The Balaban J connectivity index is 1.64. The highest BCUT2D eigenvalue weighted by atomic mass is 19.4. The first-order chi connectivity index (χ1) is 17.7. The standard InChI is InChI=1S/C25H27F3N6O3/c26-25(27,28)20-15-33(16-32-20)21-9-8-18(13-31-21)34(14-17-5-2-1-3-6-17)23-19(7-4-11-29-23)24(37)30-12-10-22(35)36/h4,7-9,11,13,15-17H,1-3,5-6,10,12,14H2,(H,30,37)(H,35,36). The van der Waals surface area contributed by atoms with Crippen LogP contribution in [0.25, 0.3) is 5.82 Å². The molecule has 3 aromatic rings. The van der Waals surface area contributed by atoms with Crippen LogP contribution >= 0.6 is 0 Å². The molecule has 3 aromatic heterocycles. The van der Waals surface area contributed by atoms with Crippen LogP contribution in [0.2, 0.25) is 0 Å². The van der Waals surface area contributed by atoms with Gasteiger partial charge in [-0.25, -0.2) is 15.0 Å². The van der Waals surface area contributed by atoms with Crippen molar-refractivity contribution in [1.29, 1.82) is 0 Å². The zero-order valence-corrected chi connectivity index (χ0v) is 20.0. The normalized spacial score (nSPS) is 14.4. The molecule has 0 aliphatic heterocycles. The van der Waals surface area contributed by atoms with E-state index in [9.17, 15) is 22.8 Å². The van der Waals surface area contributed by atoms with Crippen LogP contribution in [0.5, 0.6) is 0 Å². The van der Waals surface area contributed by atoms with E-state index in [0.717, 1.165) is 38.2 Å². The maximum absolute atomic E-state index is 12.9. The van der Waals surface area contributed by atoms with Crippen LogP contribution in [0.4, 0.5) is 24.7 Å². The van der Waals surface area contributed by atoms with E-state index in [1.54, 1.807) is 30.5 Å². The summed E-state index contributed by atoms with van der Waals surface area (Å²) in [6.45, 7) is 0.558. The maximum atomic E-state index is 12.9. The van der Waals surface area contributed by atoms with Gasteiger partial charge in [-0.15, -0.1) is 0 Å². The zero-order valence-electron chi connectivity index (χ0n) is 20.0. The number of pyridine rings is 2. The van der Waals surface area contributed by atoms with E-state index in [0.29, 0.717) is 24.0 Å². The molecule has 196 valence electrons. The summed E-state index contributed by atoms with van der Waals surface area (Å²) in [5.41, 5.74) is -0.0923. The lowest BCUT2D eigenvalue weighted by Crippen LogP contribution is -2.32. The molecule has 1 aliphatic carbocycles. The first kappa shape index (κ1) is 26.1. The van der Waals surface area contributed by atoms with Gasteiger partial charge in [0.25, 0.3) is 5.91 Å². The number of anilines is 2. The summed E-state index contributed by atoms with van der Waals surface area (Å²) in [7, 11) is 0. The lowest BCUT2D eigenvalue weighted by Gasteiger charge is -2.31. The Hall–Kier alpha value is -3.96. The van der Waals surface area contributed by atoms with Crippen LogP contribution in [0.15, 0.2) is 49.2 Å². The van der Waals surface area contributed by atoms with E-state index in [2.05, 4.69) is 20.3 Å². The fourth-order valence-electron chi connectivity index (χ4n) is 4.39. The molecule has 9 nitrogen and oxygen atoms in total. The molecule has 0 radical (unpaired) electrons. The summed E-state index contributed by atoms with van der Waals surface area (Å²) in [5, 5.41) is 11.5.